The number of nitrogens with one attached hydrogen (secondary N) is 1. The van der Waals surface area contributed by atoms with Crippen LogP contribution < -0.4 is 5.32 Å². The number of rotatable bonds is 7. The lowest BCUT2D eigenvalue weighted by Crippen LogP contribution is -2.17. The number of aromatic nitrogens is 1. The van der Waals surface area contributed by atoms with Crippen molar-refractivity contribution in [2.24, 2.45) is 0 Å². The number of aliphatic hydroxyl groups excluding tert-OH is 1. The van der Waals surface area contributed by atoms with Crippen LogP contribution in [0.2, 0.25) is 5.02 Å². The van der Waals surface area contributed by atoms with Crippen molar-refractivity contribution < 1.29 is 9.90 Å². The molecule has 2 aromatic carbocycles. The lowest BCUT2D eigenvalue weighted by molar-refractivity contribution is -0.115. The second-order valence-electron chi connectivity index (χ2n) is 7.14. The number of amides is 1. The number of carbonyl (C=O) groups excluding carboxylic acids is 1. The number of aryl methyl sites for hydroxylation is 2. The first-order chi connectivity index (χ1) is 14.9. The van der Waals surface area contributed by atoms with Crippen molar-refractivity contribution in [3.63, 3.8) is 0 Å². The second kappa shape index (κ2) is 10.5. The zero-order valence-electron chi connectivity index (χ0n) is 17.2. The maximum atomic E-state index is 12.5. The second-order valence-corrected chi connectivity index (χ2v) is 8.58. The largest absolute Gasteiger partial charge is 0.387 e. The van der Waals surface area contributed by atoms with Gasteiger partial charge in [-0.2, -0.15) is 5.26 Å². The highest BCUT2D eigenvalue weighted by molar-refractivity contribution is 7.99. The summed E-state index contributed by atoms with van der Waals surface area (Å²) in [6.07, 6.45) is -0.639. The molecule has 7 heteroatoms. The first-order valence-electron chi connectivity index (χ1n) is 9.70. The zero-order chi connectivity index (χ0) is 22.4. The van der Waals surface area contributed by atoms with Crippen LogP contribution in [-0.2, 0) is 11.2 Å². The standard InChI is InChI=1S/C24H22ClN3O2S/c1-15-11-16(2)27-24(20(15)13-26)31-14-22(29)19-5-3-4-6-21(19)28-23(30)12-17-7-9-18(25)10-8-17/h3-11,22,29H,12,14H2,1-2H3,(H,28,30). The molecule has 0 saturated carbocycles. The number of aliphatic hydroxyl groups is 1. The third-order valence-corrected chi connectivity index (χ3v) is 5.98. The summed E-state index contributed by atoms with van der Waals surface area (Å²) < 4.78 is 0. The topological polar surface area (TPSA) is 86.0 Å². The lowest BCUT2D eigenvalue weighted by Gasteiger charge is -2.16. The average Bonchev–Trinajstić information content (AvgIpc) is 2.73. The molecule has 0 spiro atoms. The summed E-state index contributed by atoms with van der Waals surface area (Å²) in [6.45, 7) is 3.75. The van der Waals surface area contributed by atoms with Gasteiger partial charge in [-0.3, -0.25) is 4.79 Å². The van der Waals surface area contributed by atoms with Crippen molar-refractivity contribution >= 4 is 35.0 Å². The lowest BCUT2D eigenvalue weighted by atomic mass is 10.1. The number of hydrogen-bond acceptors (Lipinski definition) is 5. The van der Waals surface area contributed by atoms with E-state index in [0.29, 0.717) is 32.6 Å². The fourth-order valence-electron chi connectivity index (χ4n) is 3.17. The van der Waals surface area contributed by atoms with E-state index in [1.165, 1.54) is 11.8 Å². The Morgan fingerprint density at radius 3 is 2.65 bits per heavy atom. The summed E-state index contributed by atoms with van der Waals surface area (Å²) in [5.41, 5.74) is 4.23. The molecule has 1 amide bonds. The number of anilines is 1. The van der Waals surface area contributed by atoms with E-state index in [4.69, 9.17) is 11.6 Å². The number of benzene rings is 2. The molecule has 0 aliphatic rings. The van der Waals surface area contributed by atoms with E-state index in [0.717, 1.165) is 16.8 Å². The fraction of sp³-hybridized carbons (Fsp3) is 0.208. The van der Waals surface area contributed by atoms with Crippen molar-refractivity contribution in [1.29, 1.82) is 5.26 Å². The van der Waals surface area contributed by atoms with E-state index in [1.54, 1.807) is 30.3 Å². The highest BCUT2D eigenvalue weighted by Crippen LogP contribution is 2.30. The Balaban J connectivity index is 1.70. The summed E-state index contributed by atoms with van der Waals surface area (Å²) in [5, 5.41) is 24.3. The minimum Gasteiger partial charge on any atom is -0.387 e. The molecule has 31 heavy (non-hydrogen) atoms. The van der Waals surface area contributed by atoms with Crippen molar-refractivity contribution in [1.82, 2.24) is 4.98 Å². The molecular formula is C24H22ClN3O2S. The molecule has 1 unspecified atom stereocenters. The van der Waals surface area contributed by atoms with Gasteiger partial charge in [0.05, 0.1) is 18.1 Å². The Kier molecular flexibility index (Phi) is 7.69. The van der Waals surface area contributed by atoms with Gasteiger partial charge in [0.1, 0.15) is 11.1 Å². The van der Waals surface area contributed by atoms with Gasteiger partial charge in [0, 0.05) is 27.7 Å². The molecule has 2 N–H and O–H groups in total. The Hall–Kier alpha value is -2.85. The van der Waals surface area contributed by atoms with Crippen molar-refractivity contribution in [2.75, 3.05) is 11.1 Å². The number of thioether (sulfide) groups is 1. The number of halogens is 1. The predicted molar refractivity (Wildman–Crippen MR) is 124 cm³/mol. The van der Waals surface area contributed by atoms with Gasteiger partial charge >= 0.3 is 0 Å². The van der Waals surface area contributed by atoms with E-state index < -0.39 is 6.10 Å². The molecule has 5 nitrogen and oxygen atoms in total. The normalized spacial score (nSPS) is 11.6. The maximum absolute atomic E-state index is 12.5. The van der Waals surface area contributed by atoms with Gasteiger partial charge in [-0.1, -0.05) is 41.9 Å². The van der Waals surface area contributed by atoms with Crippen molar-refractivity contribution in [3.05, 3.63) is 87.6 Å². The van der Waals surface area contributed by atoms with E-state index in [2.05, 4.69) is 16.4 Å². The first-order valence-corrected chi connectivity index (χ1v) is 11.1. The molecular weight excluding hydrogens is 430 g/mol. The molecule has 1 aromatic heterocycles. The van der Waals surface area contributed by atoms with Crippen LogP contribution in [0.5, 0.6) is 0 Å². The third-order valence-electron chi connectivity index (χ3n) is 4.67. The molecule has 0 fully saturated rings. The van der Waals surface area contributed by atoms with Crippen LogP contribution >= 0.6 is 23.4 Å². The maximum Gasteiger partial charge on any atom is 0.228 e. The number of nitrogens with zero attached hydrogens (tertiary/aromatic N) is 2. The quantitative estimate of drug-likeness (QED) is 0.480. The highest BCUT2D eigenvalue weighted by atomic mass is 35.5. The van der Waals surface area contributed by atoms with Gasteiger partial charge in [0.25, 0.3) is 0 Å². The van der Waals surface area contributed by atoms with Crippen LogP contribution in [0, 0.1) is 25.2 Å². The SMILES string of the molecule is Cc1cc(C)c(C#N)c(SCC(O)c2ccccc2NC(=O)Cc2ccc(Cl)cc2)n1. The van der Waals surface area contributed by atoms with Gasteiger partial charge in [0.15, 0.2) is 0 Å². The first kappa shape index (κ1) is 22.8. The average molecular weight is 452 g/mol. The number of carbonyl (C=O) groups is 1. The Morgan fingerprint density at radius 1 is 1.23 bits per heavy atom. The summed E-state index contributed by atoms with van der Waals surface area (Å²) in [6, 6.07) is 18.3. The Bertz CT molecular complexity index is 1130. The smallest absolute Gasteiger partial charge is 0.228 e. The molecule has 0 aliphatic heterocycles. The van der Waals surface area contributed by atoms with Crippen molar-refractivity contribution in [3.8, 4) is 6.07 Å². The molecule has 1 atom stereocenters. The minimum atomic E-state index is -0.841. The van der Waals surface area contributed by atoms with Gasteiger partial charge in [0.2, 0.25) is 5.91 Å². The third kappa shape index (κ3) is 6.08. The fourth-order valence-corrected chi connectivity index (χ4v) is 4.35. The molecule has 0 bridgehead atoms. The van der Waals surface area contributed by atoms with Crippen LogP contribution in [0.1, 0.15) is 34.1 Å². The minimum absolute atomic E-state index is 0.183. The van der Waals surface area contributed by atoms with E-state index in [1.807, 2.05) is 38.1 Å². The molecule has 3 aromatic rings. The van der Waals surface area contributed by atoms with Crippen molar-refractivity contribution in [2.45, 2.75) is 31.4 Å². The van der Waals surface area contributed by atoms with E-state index in [-0.39, 0.29) is 12.3 Å². The van der Waals surface area contributed by atoms with Gasteiger partial charge in [-0.25, -0.2) is 4.98 Å². The van der Waals surface area contributed by atoms with Crippen LogP contribution in [0.15, 0.2) is 59.6 Å². The highest BCUT2D eigenvalue weighted by Gasteiger charge is 2.17. The molecule has 0 saturated heterocycles. The molecule has 158 valence electrons. The Morgan fingerprint density at radius 2 is 1.94 bits per heavy atom. The Labute approximate surface area is 191 Å². The number of pyridine rings is 1. The predicted octanol–water partition coefficient (Wildman–Crippen LogP) is 5.23. The monoisotopic (exact) mass is 451 g/mol. The van der Waals surface area contributed by atoms with Crippen LogP contribution in [0.4, 0.5) is 5.69 Å². The molecule has 3 rings (SSSR count). The summed E-state index contributed by atoms with van der Waals surface area (Å²) in [7, 11) is 0. The summed E-state index contributed by atoms with van der Waals surface area (Å²) in [4.78, 5) is 16.9. The number of nitriles is 1. The van der Waals surface area contributed by atoms with Crippen LogP contribution in [-0.4, -0.2) is 21.8 Å². The van der Waals surface area contributed by atoms with E-state index >= 15 is 0 Å². The number of para-hydroxylation sites is 1. The molecule has 0 radical (unpaired) electrons. The summed E-state index contributed by atoms with van der Waals surface area (Å²) >= 11 is 7.22. The van der Waals surface area contributed by atoms with Crippen LogP contribution in [0.25, 0.3) is 0 Å². The van der Waals surface area contributed by atoms with Gasteiger partial charge in [-0.15, -0.1) is 11.8 Å². The van der Waals surface area contributed by atoms with E-state index in [9.17, 15) is 15.2 Å². The van der Waals surface area contributed by atoms with Gasteiger partial charge in [-0.05, 0) is 49.2 Å². The number of hydrogen-bond donors (Lipinski definition) is 2. The molecule has 1 heterocycles. The van der Waals surface area contributed by atoms with Gasteiger partial charge < -0.3 is 10.4 Å². The molecule has 0 aliphatic carbocycles. The zero-order valence-corrected chi connectivity index (χ0v) is 18.8. The summed E-state index contributed by atoms with van der Waals surface area (Å²) in [5.74, 6) is 0.117. The van der Waals surface area contributed by atoms with Crippen LogP contribution in [0.3, 0.4) is 0 Å².